The van der Waals surface area contributed by atoms with Crippen molar-refractivity contribution in [2.75, 3.05) is 56.2 Å². The number of carbonyl (C=O) groups excluding carboxylic acids is 6. The van der Waals surface area contributed by atoms with Gasteiger partial charge in [0.25, 0.3) is 17.7 Å². The topological polar surface area (TPSA) is 205 Å². The largest absolute Gasteiger partial charge is 0.382 e. The summed E-state index contributed by atoms with van der Waals surface area (Å²) in [5.41, 5.74) is -0.130. The average molecular weight is 888 g/mol. The number of pyridine rings is 1. The standard InChI is InChI=1S/C46H43F2N9O8/c1-4-36(59)54-19-20-55(26(3)24-54)40-30-23-32(48)38(27-10-5-6-13-31(27)47)52-41(30)57(46(64)53-40)39-25(2)9-7-12-29(39)42(60)50-18-22-65-21-17-49-33-14-8-11-28-37(33)45(63)56(44(28)62)34-15-16-35(58)51-43(34)61/h4-14,23,26,34,49H,1,15-22,24H2,2-3H3,(H,50,60)(H,51,58,61). The number of halogens is 2. The van der Waals surface area contributed by atoms with Gasteiger partial charge in [-0.25, -0.2) is 23.1 Å². The highest BCUT2D eigenvalue weighted by atomic mass is 19.1. The Bertz CT molecular complexity index is 2890. The van der Waals surface area contributed by atoms with E-state index >= 15 is 8.78 Å². The van der Waals surface area contributed by atoms with E-state index in [9.17, 15) is 33.6 Å². The summed E-state index contributed by atoms with van der Waals surface area (Å²) >= 11 is 0. The van der Waals surface area contributed by atoms with Crippen LogP contribution < -0.4 is 26.5 Å². The summed E-state index contributed by atoms with van der Waals surface area (Å²) in [7, 11) is 0. The fourth-order valence-corrected chi connectivity index (χ4v) is 8.46. The lowest BCUT2D eigenvalue weighted by molar-refractivity contribution is -0.136. The minimum Gasteiger partial charge on any atom is -0.382 e. The Hall–Kier alpha value is -7.67. The number of benzene rings is 3. The van der Waals surface area contributed by atoms with Gasteiger partial charge in [-0.2, -0.15) is 4.98 Å². The van der Waals surface area contributed by atoms with Crippen molar-refractivity contribution in [2.45, 2.75) is 38.8 Å². The molecule has 3 aliphatic heterocycles. The van der Waals surface area contributed by atoms with Gasteiger partial charge < -0.3 is 25.2 Å². The van der Waals surface area contributed by atoms with Crippen LogP contribution in [0.2, 0.25) is 0 Å². The zero-order valence-electron chi connectivity index (χ0n) is 35.4. The van der Waals surface area contributed by atoms with Gasteiger partial charge in [0, 0.05) is 56.4 Å². The molecule has 334 valence electrons. The van der Waals surface area contributed by atoms with Crippen LogP contribution in [0.15, 0.2) is 84.2 Å². The van der Waals surface area contributed by atoms with E-state index in [1.165, 1.54) is 42.5 Å². The summed E-state index contributed by atoms with van der Waals surface area (Å²) in [6, 6.07) is 14.8. The predicted octanol–water partition coefficient (Wildman–Crippen LogP) is 3.52. The number of anilines is 2. The fourth-order valence-electron chi connectivity index (χ4n) is 8.46. The monoisotopic (exact) mass is 887 g/mol. The van der Waals surface area contributed by atoms with E-state index in [1.807, 2.05) is 6.92 Å². The first-order valence-electron chi connectivity index (χ1n) is 20.9. The van der Waals surface area contributed by atoms with Crippen LogP contribution in [0.3, 0.4) is 0 Å². The second-order valence-corrected chi connectivity index (χ2v) is 15.7. The highest BCUT2D eigenvalue weighted by Crippen LogP contribution is 2.35. The van der Waals surface area contributed by atoms with Crippen molar-refractivity contribution in [1.82, 2.24) is 35.0 Å². The van der Waals surface area contributed by atoms with Crippen LogP contribution in [0.4, 0.5) is 20.3 Å². The van der Waals surface area contributed by atoms with Gasteiger partial charge in [0.2, 0.25) is 17.7 Å². The number of piperidine rings is 1. The molecule has 65 heavy (non-hydrogen) atoms. The van der Waals surface area contributed by atoms with Gasteiger partial charge in [-0.15, -0.1) is 0 Å². The predicted molar refractivity (Wildman–Crippen MR) is 234 cm³/mol. The Morgan fingerprint density at radius 1 is 0.923 bits per heavy atom. The molecule has 0 bridgehead atoms. The third-order valence-electron chi connectivity index (χ3n) is 11.6. The number of nitrogens with one attached hydrogen (secondary N) is 3. The molecular weight excluding hydrogens is 845 g/mol. The van der Waals surface area contributed by atoms with E-state index in [1.54, 1.807) is 41.0 Å². The van der Waals surface area contributed by atoms with E-state index in [-0.39, 0.29) is 121 Å². The van der Waals surface area contributed by atoms with Crippen LogP contribution in [0.25, 0.3) is 28.0 Å². The highest BCUT2D eigenvalue weighted by Gasteiger charge is 2.45. The molecule has 2 aromatic heterocycles. The van der Waals surface area contributed by atoms with Gasteiger partial charge in [0.05, 0.1) is 41.0 Å². The number of amides is 6. The maximum Gasteiger partial charge on any atom is 0.355 e. The molecule has 3 N–H and O–H groups in total. The number of carbonyl (C=O) groups is 6. The van der Waals surface area contributed by atoms with Gasteiger partial charge in [-0.1, -0.05) is 36.9 Å². The van der Waals surface area contributed by atoms with E-state index in [0.717, 1.165) is 15.5 Å². The fraction of sp³-hybridized carbons (Fsp3) is 0.283. The van der Waals surface area contributed by atoms with Crippen molar-refractivity contribution in [1.29, 1.82) is 0 Å². The third-order valence-corrected chi connectivity index (χ3v) is 11.6. The molecule has 8 rings (SSSR count). The SMILES string of the molecule is C=CC(=O)N1CCN(c2nc(=O)n(-c3c(C)cccc3C(=O)NCCOCCNc3cccc4c3C(=O)N(C3CCC(=O)NC3=O)C4=O)c3nc(-c4ccccc4F)c(F)cc23)C(C)C1. The number of piperazine rings is 1. The number of aryl methyl sites for hydroxylation is 1. The molecule has 0 saturated carbocycles. The molecular formula is C46H43F2N9O8. The number of aromatic nitrogens is 3. The number of imide groups is 2. The number of para-hydroxylation sites is 1. The summed E-state index contributed by atoms with van der Waals surface area (Å²) < 4.78 is 38.2. The molecule has 5 heterocycles. The Labute approximate surface area is 370 Å². The molecule has 0 spiro atoms. The molecule has 0 aliphatic carbocycles. The van der Waals surface area contributed by atoms with Crippen LogP contribution in [0.1, 0.15) is 56.4 Å². The van der Waals surface area contributed by atoms with Crippen molar-refractivity contribution in [3.8, 4) is 16.9 Å². The molecule has 2 saturated heterocycles. The maximum atomic E-state index is 16.1. The van der Waals surface area contributed by atoms with Gasteiger partial charge in [0.1, 0.15) is 29.2 Å². The normalized spacial score (nSPS) is 17.3. The minimum absolute atomic E-state index is 0.00146. The number of ether oxygens (including phenoxy) is 1. The van der Waals surface area contributed by atoms with Crippen LogP contribution in [0.5, 0.6) is 0 Å². The Morgan fingerprint density at radius 2 is 1.68 bits per heavy atom. The molecule has 2 unspecified atom stereocenters. The molecule has 2 fully saturated rings. The third kappa shape index (κ3) is 8.32. The summed E-state index contributed by atoms with van der Waals surface area (Å²) in [4.78, 5) is 105. The first-order valence-corrected chi connectivity index (χ1v) is 20.9. The summed E-state index contributed by atoms with van der Waals surface area (Å²) in [6.07, 6.45) is 1.25. The van der Waals surface area contributed by atoms with Crippen LogP contribution >= 0.6 is 0 Å². The second kappa shape index (κ2) is 18.2. The first-order chi connectivity index (χ1) is 31.3. The summed E-state index contributed by atoms with van der Waals surface area (Å²) in [6.45, 7) is 8.30. The summed E-state index contributed by atoms with van der Waals surface area (Å²) in [5.74, 6) is -4.77. The number of hydrogen-bond donors (Lipinski definition) is 3. The Balaban J connectivity index is 0.994. The van der Waals surface area contributed by atoms with Gasteiger partial charge >= 0.3 is 5.69 Å². The second-order valence-electron chi connectivity index (χ2n) is 15.7. The molecule has 2 atom stereocenters. The van der Waals surface area contributed by atoms with Gasteiger partial charge in [-0.05, 0) is 68.3 Å². The molecule has 3 aliphatic rings. The Kier molecular flexibility index (Phi) is 12.3. The van der Waals surface area contributed by atoms with Crippen molar-refractivity contribution < 1.29 is 42.3 Å². The molecule has 6 amide bonds. The highest BCUT2D eigenvalue weighted by molar-refractivity contribution is 6.25. The molecule has 17 nitrogen and oxygen atoms in total. The van der Waals surface area contributed by atoms with Gasteiger partial charge in [-0.3, -0.25) is 39.0 Å². The quantitative estimate of drug-likeness (QED) is 0.0883. The molecule has 5 aromatic rings. The lowest BCUT2D eigenvalue weighted by Crippen LogP contribution is -2.54. The van der Waals surface area contributed by atoms with E-state index in [4.69, 9.17) is 4.74 Å². The summed E-state index contributed by atoms with van der Waals surface area (Å²) in [5, 5.41) is 8.20. The van der Waals surface area contributed by atoms with E-state index in [2.05, 4.69) is 32.5 Å². The number of fused-ring (bicyclic) bond motifs is 2. The van der Waals surface area contributed by atoms with E-state index in [0.29, 0.717) is 11.3 Å². The van der Waals surface area contributed by atoms with E-state index < -0.39 is 52.9 Å². The van der Waals surface area contributed by atoms with Crippen molar-refractivity contribution in [2.24, 2.45) is 0 Å². The zero-order valence-corrected chi connectivity index (χ0v) is 35.4. The Morgan fingerprint density at radius 3 is 2.43 bits per heavy atom. The zero-order chi connectivity index (χ0) is 46.1. The van der Waals surface area contributed by atoms with Gasteiger partial charge in [0.15, 0.2) is 5.65 Å². The van der Waals surface area contributed by atoms with Crippen molar-refractivity contribution in [3.05, 3.63) is 124 Å². The lowest BCUT2D eigenvalue weighted by atomic mass is 10.0. The van der Waals surface area contributed by atoms with Crippen molar-refractivity contribution >= 4 is 58.0 Å². The molecule has 3 aromatic carbocycles. The van der Waals surface area contributed by atoms with Crippen LogP contribution in [0, 0.1) is 18.6 Å². The maximum absolute atomic E-state index is 16.1. The minimum atomic E-state index is -1.10. The molecule has 19 heteroatoms. The average Bonchev–Trinajstić information content (AvgIpc) is 3.54. The number of rotatable bonds is 13. The number of hydrogen-bond acceptors (Lipinski definition) is 12. The molecule has 0 radical (unpaired) electrons. The van der Waals surface area contributed by atoms with Crippen LogP contribution in [-0.2, 0) is 19.1 Å². The van der Waals surface area contributed by atoms with Crippen molar-refractivity contribution in [3.63, 3.8) is 0 Å². The number of nitrogens with zero attached hydrogens (tertiary/aromatic N) is 6. The van der Waals surface area contributed by atoms with Crippen LogP contribution in [-0.4, -0.2) is 118 Å². The smallest absolute Gasteiger partial charge is 0.355 e. The lowest BCUT2D eigenvalue weighted by Gasteiger charge is -2.40. The first kappa shape index (κ1) is 44.0.